The molecule has 4 aliphatic carbocycles. The standard InChI is InChI=1S/C29H42O/c1-20-8-7-9-21(18-20)19-29(4,30)26-14-13-24-23-12-11-22-10-5-6-16-27(22,2)25(23)15-17-28(24,26)3/h7-9,11,18,23-26,30H,5-6,10,12-17,19H2,1-4H3/t23?,24?,25?,26?,27?,28?,29-/m0/s1. The van der Waals surface area contributed by atoms with Gasteiger partial charge in [0.2, 0.25) is 0 Å². The highest BCUT2D eigenvalue weighted by atomic mass is 16.3. The zero-order valence-electron chi connectivity index (χ0n) is 19.7. The van der Waals surface area contributed by atoms with Crippen molar-refractivity contribution < 1.29 is 5.11 Å². The van der Waals surface area contributed by atoms with Crippen molar-refractivity contribution >= 4 is 0 Å². The molecule has 7 atom stereocenters. The van der Waals surface area contributed by atoms with Crippen molar-refractivity contribution in [2.45, 2.75) is 97.5 Å². The molecule has 0 spiro atoms. The molecule has 4 aliphatic rings. The quantitative estimate of drug-likeness (QED) is 0.524. The molecule has 0 saturated heterocycles. The average Bonchev–Trinajstić information content (AvgIpc) is 3.05. The Labute approximate surface area is 184 Å². The average molecular weight is 407 g/mol. The molecule has 0 heterocycles. The third-order valence-electron chi connectivity index (χ3n) is 10.4. The van der Waals surface area contributed by atoms with Gasteiger partial charge in [0.25, 0.3) is 0 Å². The molecule has 0 bridgehead atoms. The van der Waals surface area contributed by atoms with E-state index in [1.807, 2.05) is 0 Å². The Bertz CT molecular complexity index is 835. The van der Waals surface area contributed by atoms with Gasteiger partial charge in [-0.05, 0) is 105 Å². The Morgan fingerprint density at radius 1 is 1.07 bits per heavy atom. The number of aliphatic hydroxyl groups is 1. The normalized spacial score (nSPS) is 42.5. The van der Waals surface area contributed by atoms with E-state index in [1.54, 1.807) is 5.57 Å². The molecule has 5 rings (SSSR count). The number of allylic oxidation sites excluding steroid dienone is 2. The van der Waals surface area contributed by atoms with Gasteiger partial charge >= 0.3 is 0 Å². The molecule has 3 saturated carbocycles. The zero-order valence-corrected chi connectivity index (χ0v) is 19.7. The van der Waals surface area contributed by atoms with Crippen LogP contribution in [-0.4, -0.2) is 10.7 Å². The highest BCUT2D eigenvalue weighted by Gasteiger charge is 2.60. The maximum atomic E-state index is 11.8. The molecule has 30 heavy (non-hydrogen) atoms. The van der Waals surface area contributed by atoms with E-state index in [2.05, 4.69) is 58.0 Å². The summed E-state index contributed by atoms with van der Waals surface area (Å²) in [5.74, 6) is 2.94. The van der Waals surface area contributed by atoms with Crippen molar-refractivity contribution in [3.8, 4) is 0 Å². The predicted octanol–water partition coefficient (Wildman–Crippen LogP) is 7.26. The molecule has 164 valence electrons. The second-order valence-electron chi connectivity index (χ2n) is 12.2. The van der Waals surface area contributed by atoms with Crippen LogP contribution in [0.1, 0.15) is 89.7 Å². The molecule has 1 aromatic rings. The van der Waals surface area contributed by atoms with Crippen LogP contribution in [0.25, 0.3) is 0 Å². The highest BCUT2D eigenvalue weighted by Crippen LogP contribution is 2.67. The first-order chi connectivity index (χ1) is 14.2. The summed E-state index contributed by atoms with van der Waals surface area (Å²) in [6.45, 7) is 9.46. The maximum Gasteiger partial charge on any atom is 0.0693 e. The van der Waals surface area contributed by atoms with Gasteiger partial charge in [-0.15, -0.1) is 0 Å². The van der Waals surface area contributed by atoms with Crippen molar-refractivity contribution in [1.82, 2.24) is 0 Å². The lowest BCUT2D eigenvalue weighted by molar-refractivity contribution is -0.0992. The minimum atomic E-state index is -0.617. The lowest BCUT2D eigenvalue weighted by Gasteiger charge is -2.58. The second kappa shape index (κ2) is 7.22. The fourth-order valence-electron chi connectivity index (χ4n) is 9.08. The summed E-state index contributed by atoms with van der Waals surface area (Å²) in [6.07, 6.45) is 15.6. The molecule has 0 radical (unpaired) electrons. The van der Waals surface area contributed by atoms with Gasteiger partial charge in [-0.3, -0.25) is 0 Å². The van der Waals surface area contributed by atoms with E-state index < -0.39 is 5.60 Å². The largest absolute Gasteiger partial charge is 0.390 e. The van der Waals surface area contributed by atoms with Crippen molar-refractivity contribution in [3.05, 3.63) is 47.0 Å². The number of hydrogen-bond acceptors (Lipinski definition) is 1. The third-order valence-corrected chi connectivity index (χ3v) is 10.4. The number of hydrogen-bond donors (Lipinski definition) is 1. The van der Waals surface area contributed by atoms with Crippen molar-refractivity contribution in [2.24, 2.45) is 34.5 Å². The third kappa shape index (κ3) is 3.14. The van der Waals surface area contributed by atoms with Gasteiger partial charge < -0.3 is 5.11 Å². The van der Waals surface area contributed by atoms with Gasteiger partial charge in [0.05, 0.1) is 5.60 Å². The summed E-state index contributed by atoms with van der Waals surface area (Å²) in [5.41, 5.74) is 4.55. The fraction of sp³-hybridized carbons (Fsp3) is 0.724. The van der Waals surface area contributed by atoms with E-state index in [9.17, 15) is 5.11 Å². The van der Waals surface area contributed by atoms with E-state index in [-0.39, 0.29) is 0 Å². The summed E-state index contributed by atoms with van der Waals surface area (Å²) < 4.78 is 0. The Hall–Kier alpha value is -1.08. The highest BCUT2D eigenvalue weighted by molar-refractivity contribution is 5.26. The zero-order chi connectivity index (χ0) is 21.1. The van der Waals surface area contributed by atoms with Crippen LogP contribution in [0, 0.1) is 41.4 Å². The van der Waals surface area contributed by atoms with Gasteiger partial charge in [0.15, 0.2) is 0 Å². The van der Waals surface area contributed by atoms with Gasteiger partial charge in [0, 0.05) is 6.42 Å². The first kappa shape index (κ1) is 20.8. The van der Waals surface area contributed by atoms with Crippen molar-refractivity contribution in [1.29, 1.82) is 0 Å². The molecule has 6 unspecified atom stereocenters. The first-order valence-corrected chi connectivity index (χ1v) is 12.7. The Kier molecular flexibility index (Phi) is 5.01. The van der Waals surface area contributed by atoms with Crippen LogP contribution in [0.2, 0.25) is 0 Å². The van der Waals surface area contributed by atoms with Crippen LogP contribution < -0.4 is 0 Å². The minimum Gasteiger partial charge on any atom is -0.390 e. The van der Waals surface area contributed by atoms with Gasteiger partial charge in [-0.1, -0.05) is 61.7 Å². The van der Waals surface area contributed by atoms with Crippen molar-refractivity contribution in [3.63, 3.8) is 0 Å². The van der Waals surface area contributed by atoms with Crippen LogP contribution in [0.15, 0.2) is 35.9 Å². The van der Waals surface area contributed by atoms with Gasteiger partial charge in [-0.25, -0.2) is 0 Å². The Morgan fingerprint density at radius 2 is 1.90 bits per heavy atom. The number of rotatable bonds is 3. The van der Waals surface area contributed by atoms with E-state index in [1.165, 1.54) is 68.9 Å². The molecular weight excluding hydrogens is 364 g/mol. The summed E-state index contributed by atoms with van der Waals surface area (Å²) >= 11 is 0. The molecule has 0 aromatic heterocycles. The van der Waals surface area contributed by atoms with Crippen LogP contribution in [0.5, 0.6) is 0 Å². The van der Waals surface area contributed by atoms with E-state index in [4.69, 9.17) is 0 Å². The Balaban J connectivity index is 1.40. The molecule has 3 fully saturated rings. The molecule has 0 aliphatic heterocycles. The van der Waals surface area contributed by atoms with Crippen LogP contribution in [0.3, 0.4) is 0 Å². The first-order valence-electron chi connectivity index (χ1n) is 12.7. The van der Waals surface area contributed by atoms with E-state index in [0.717, 1.165) is 24.2 Å². The molecule has 0 amide bonds. The molecule has 1 nitrogen and oxygen atoms in total. The summed E-state index contributed by atoms with van der Waals surface area (Å²) in [4.78, 5) is 0. The summed E-state index contributed by atoms with van der Waals surface area (Å²) in [6, 6.07) is 8.76. The number of fused-ring (bicyclic) bond motifs is 5. The second-order valence-corrected chi connectivity index (χ2v) is 12.2. The SMILES string of the molecule is Cc1cccc(C[C@](C)(O)C2CCC3C4CC=C5CCCCC5(C)C4CCC32C)c1. The number of benzene rings is 1. The Morgan fingerprint density at radius 3 is 2.70 bits per heavy atom. The topological polar surface area (TPSA) is 20.2 Å². The smallest absolute Gasteiger partial charge is 0.0693 e. The minimum absolute atomic E-state index is 0.296. The van der Waals surface area contributed by atoms with Crippen LogP contribution >= 0.6 is 0 Å². The fourth-order valence-corrected chi connectivity index (χ4v) is 9.08. The lowest BCUT2D eigenvalue weighted by atomic mass is 9.47. The van der Waals surface area contributed by atoms with Crippen LogP contribution in [-0.2, 0) is 6.42 Å². The molecular formula is C29H42O. The van der Waals surface area contributed by atoms with E-state index in [0.29, 0.717) is 16.7 Å². The monoisotopic (exact) mass is 406 g/mol. The molecule has 1 aromatic carbocycles. The van der Waals surface area contributed by atoms with Crippen molar-refractivity contribution in [2.75, 3.05) is 0 Å². The summed E-state index contributed by atoms with van der Waals surface area (Å²) in [7, 11) is 0. The predicted molar refractivity (Wildman–Crippen MR) is 125 cm³/mol. The van der Waals surface area contributed by atoms with Crippen LogP contribution in [0.4, 0.5) is 0 Å². The molecule has 1 N–H and O–H groups in total. The van der Waals surface area contributed by atoms with Gasteiger partial charge in [0.1, 0.15) is 0 Å². The lowest BCUT2D eigenvalue weighted by Crippen LogP contribution is -2.52. The number of aryl methyl sites for hydroxylation is 1. The molecule has 1 heteroatoms. The van der Waals surface area contributed by atoms with E-state index >= 15 is 0 Å². The summed E-state index contributed by atoms with van der Waals surface area (Å²) in [5, 5.41) is 11.8. The maximum absolute atomic E-state index is 11.8. The van der Waals surface area contributed by atoms with Gasteiger partial charge in [-0.2, -0.15) is 0 Å².